The van der Waals surface area contributed by atoms with E-state index >= 15 is 0 Å². The Labute approximate surface area is 247 Å². The number of fused-ring (bicyclic) bond motifs is 3. The van der Waals surface area contributed by atoms with Crippen molar-refractivity contribution in [2.75, 3.05) is 18.5 Å². The molecule has 2 aliphatic rings. The van der Waals surface area contributed by atoms with Crippen molar-refractivity contribution in [2.24, 2.45) is 0 Å². The van der Waals surface area contributed by atoms with Crippen LogP contribution in [-0.4, -0.2) is 57.1 Å². The van der Waals surface area contributed by atoms with Crippen LogP contribution in [0.15, 0.2) is 89.9 Å². The fourth-order valence-electron chi connectivity index (χ4n) is 5.70. The maximum absolute atomic E-state index is 12.7. The number of benzene rings is 3. The largest absolute Gasteiger partial charge is 0.465 e. The van der Waals surface area contributed by atoms with Crippen LogP contribution in [0.2, 0.25) is 0 Å². The quantitative estimate of drug-likeness (QED) is 0.256. The Hall–Kier alpha value is -4.64. The van der Waals surface area contributed by atoms with Crippen LogP contribution in [0.1, 0.15) is 52.0 Å². The van der Waals surface area contributed by atoms with Crippen molar-refractivity contribution in [1.29, 1.82) is 0 Å². The summed E-state index contributed by atoms with van der Waals surface area (Å²) in [5.41, 5.74) is 5.28. The van der Waals surface area contributed by atoms with Crippen LogP contribution in [0, 0.1) is 0 Å². The normalized spacial score (nSPS) is 19.1. The van der Waals surface area contributed by atoms with Crippen molar-refractivity contribution in [3.63, 3.8) is 0 Å². The molecule has 4 aromatic rings. The average molecular weight is 582 g/mol. The minimum Gasteiger partial charge on any atom is -0.465 e. The third-order valence-corrected chi connectivity index (χ3v) is 7.97. The number of aliphatic hydroxyl groups is 2. The molecule has 3 aromatic carbocycles. The summed E-state index contributed by atoms with van der Waals surface area (Å²) in [4.78, 5) is 41.7. The number of hydrogen-bond acceptors (Lipinski definition) is 8. The van der Waals surface area contributed by atoms with E-state index in [1.54, 1.807) is 24.3 Å². The summed E-state index contributed by atoms with van der Waals surface area (Å²) in [6.45, 7) is -0.0778. The van der Waals surface area contributed by atoms with Crippen molar-refractivity contribution in [3.8, 4) is 11.1 Å². The maximum Gasteiger partial charge on any atom is 0.351 e. The Morgan fingerprint density at radius 1 is 0.977 bits per heavy atom. The molecule has 3 N–H and O–H groups in total. The number of aliphatic hydroxyl groups excluding tert-OH is 2. The number of anilines is 1. The lowest BCUT2D eigenvalue weighted by Crippen LogP contribution is -2.28. The van der Waals surface area contributed by atoms with Gasteiger partial charge in [0.15, 0.2) is 0 Å². The van der Waals surface area contributed by atoms with Gasteiger partial charge in [-0.15, -0.1) is 0 Å². The molecular weight excluding hydrogens is 550 g/mol. The molecule has 6 rings (SSSR count). The molecule has 1 amide bonds. The minimum absolute atomic E-state index is 0.0127. The highest BCUT2D eigenvalue weighted by atomic mass is 16.5. The van der Waals surface area contributed by atoms with Gasteiger partial charge >= 0.3 is 11.7 Å². The summed E-state index contributed by atoms with van der Waals surface area (Å²) in [5, 5.41) is 21.8. The van der Waals surface area contributed by atoms with Gasteiger partial charge in [-0.05, 0) is 52.4 Å². The molecule has 1 unspecified atom stereocenters. The predicted molar refractivity (Wildman–Crippen MR) is 158 cm³/mol. The summed E-state index contributed by atoms with van der Waals surface area (Å²) in [6.07, 6.45) is -0.157. The smallest absolute Gasteiger partial charge is 0.351 e. The van der Waals surface area contributed by atoms with Crippen LogP contribution in [-0.2, 0) is 20.7 Å². The lowest BCUT2D eigenvalue weighted by atomic mass is 9.98. The average Bonchev–Trinajstić information content (AvgIpc) is 3.56. The van der Waals surface area contributed by atoms with Gasteiger partial charge in [-0.1, -0.05) is 60.7 Å². The highest BCUT2D eigenvalue weighted by molar-refractivity contribution is 6.03. The van der Waals surface area contributed by atoms with Gasteiger partial charge in [-0.25, -0.2) is 4.79 Å². The number of amides is 1. The lowest BCUT2D eigenvalue weighted by Gasteiger charge is -2.14. The van der Waals surface area contributed by atoms with Crippen LogP contribution >= 0.6 is 0 Å². The molecule has 1 aliphatic heterocycles. The number of ether oxygens (including phenoxy) is 2. The van der Waals surface area contributed by atoms with Crippen molar-refractivity contribution in [2.45, 2.75) is 43.6 Å². The first-order valence-electron chi connectivity index (χ1n) is 14.2. The molecule has 220 valence electrons. The van der Waals surface area contributed by atoms with Crippen molar-refractivity contribution >= 4 is 17.7 Å². The molecule has 10 heteroatoms. The van der Waals surface area contributed by atoms with Crippen LogP contribution in [0.25, 0.3) is 11.1 Å². The molecule has 1 aromatic heterocycles. The minimum atomic E-state index is -0.886. The lowest BCUT2D eigenvalue weighted by molar-refractivity contribution is -0.143. The zero-order valence-corrected chi connectivity index (χ0v) is 23.3. The number of aromatic nitrogens is 2. The van der Waals surface area contributed by atoms with Gasteiger partial charge in [0.2, 0.25) is 0 Å². The summed E-state index contributed by atoms with van der Waals surface area (Å²) < 4.78 is 12.4. The topological polar surface area (TPSA) is 140 Å². The second kappa shape index (κ2) is 12.3. The number of carbonyl (C=O) groups is 2. The van der Waals surface area contributed by atoms with Crippen molar-refractivity contribution in [1.82, 2.24) is 9.55 Å². The summed E-state index contributed by atoms with van der Waals surface area (Å²) in [5.74, 6) is -0.643. The number of hydrogen-bond donors (Lipinski definition) is 3. The standard InChI is InChI=1S/C33H31N3O7/c37-18-28-27(38)17-30(43-28)36-16-15-29(35-33(36)41)34-32(40)21-12-9-20(10-13-21)11-14-31(39)42-19-26-24-7-3-1-5-22(24)23-6-2-4-8-25(23)26/h1-10,12-13,15-16,26-28,30,37-38H,11,14,17-19H2,(H,34,35,40,41)/t27?,28-,30-/m1/s1. The number of carbonyl (C=O) groups excluding carboxylic acids is 2. The van der Waals surface area contributed by atoms with Crippen molar-refractivity contribution < 1.29 is 29.3 Å². The first-order chi connectivity index (χ1) is 20.9. The Kier molecular flexibility index (Phi) is 8.15. The molecule has 1 aliphatic carbocycles. The zero-order chi connectivity index (χ0) is 29.9. The number of nitrogens with one attached hydrogen (secondary N) is 1. The fourth-order valence-corrected chi connectivity index (χ4v) is 5.70. The monoisotopic (exact) mass is 581 g/mol. The van der Waals surface area contributed by atoms with Crippen LogP contribution in [0.4, 0.5) is 5.82 Å². The number of nitrogens with zero attached hydrogens (tertiary/aromatic N) is 2. The molecule has 0 saturated carbocycles. The molecule has 0 bridgehead atoms. The van der Waals surface area contributed by atoms with Gasteiger partial charge in [0.25, 0.3) is 5.91 Å². The second-order valence-corrected chi connectivity index (χ2v) is 10.7. The SMILES string of the molecule is O=C(CCc1ccc(C(=O)Nc2ccn([C@H]3CC(O)[C@@H](CO)O3)c(=O)n2)cc1)OCC1c2ccccc2-c2ccccc21. The van der Waals surface area contributed by atoms with E-state index < -0.39 is 30.0 Å². The van der Waals surface area contributed by atoms with Gasteiger partial charge < -0.3 is 25.0 Å². The molecule has 0 spiro atoms. The third-order valence-electron chi connectivity index (χ3n) is 7.97. The predicted octanol–water partition coefficient (Wildman–Crippen LogP) is 3.42. The number of rotatable bonds is 9. The Balaban J connectivity index is 1.00. The van der Waals surface area contributed by atoms with E-state index in [1.165, 1.54) is 39.1 Å². The first-order valence-corrected chi connectivity index (χ1v) is 14.2. The summed E-state index contributed by atoms with van der Waals surface area (Å²) >= 11 is 0. The van der Waals surface area contributed by atoms with Crippen molar-refractivity contribution in [3.05, 3.63) is 118 Å². The Morgan fingerprint density at radius 3 is 2.28 bits per heavy atom. The van der Waals surface area contributed by atoms with E-state index in [0.717, 1.165) is 5.56 Å². The molecule has 1 saturated heterocycles. The van der Waals surface area contributed by atoms with Gasteiger partial charge in [0.1, 0.15) is 24.8 Å². The highest BCUT2D eigenvalue weighted by Gasteiger charge is 2.35. The van der Waals surface area contributed by atoms with E-state index in [4.69, 9.17) is 9.47 Å². The Morgan fingerprint density at radius 2 is 1.65 bits per heavy atom. The van der Waals surface area contributed by atoms with Gasteiger partial charge in [-0.2, -0.15) is 4.98 Å². The number of esters is 1. The third kappa shape index (κ3) is 5.98. The van der Waals surface area contributed by atoms with Crippen LogP contribution in [0.5, 0.6) is 0 Å². The second-order valence-electron chi connectivity index (χ2n) is 10.7. The molecule has 1 fully saturated rings. The maximum atomic E-state index is 12.7. The molecular formula is C33H31N3O7. The van der Waals surface area contributed by atoms with E-state index in [0.29, 0.717) is 12.0 Å². The molecule has 43 heavy (non-hydrogen) atoms. The van der Waals surface area contributed by atoms with Crippen LogP contribution in [0.3, 0.4) is 0 Å². The number of aryl methyl sites for hydroxylation is 1. The van der Waals surface area contributed by atoms with E-state index in [9.17, 15) is 24.6 Å². The summed E-state index contributed by atoms with van der Waals surface area (Å²) in [7, 11) is 0. The molecule has 2 heterocycles. The molecule has 3 atom stereocenters. The van der Waals surface area contributed by atoms with E-state index in [-0.39, 0.29) is 43.8 Å². The van der Waals surface area contributed by atoms with Gasteiger partial charge in [0, 0.05) is 30.5 Å². The zero-order valence-electron chi connectivity index (χ0n) is 23.3. The van der Waals surface area contributed by atoms with Gasteiger partial charge in [0.05, 0.1) is 12.7 Å². The van der Waals surface area contributed by atoms with Crippen LogP contribution < -0.4 is 11.0 Å². The highest BCUT2D eigenvalue weighted by Crippen LogP contribution is 2.44. The fraction of sp³-hybridized carbons (Fsp3) is 0.273. The summed E-state index contributed by atoms with van der Waals surface area (Å²) in [6, 6.07) is 24.7. The molecule has 0 radical (unpaired) electrons. The van der Waals surface area contributed by atoms with E-state index in [2.05, 4.69) is 34.6 Å². The van der Waals surface area contributed by atoms with E-state index in [1.807, 2.05) is 24.3 Å². The Bertz CT molecular complexity index is 1660. The molecule has 10 nitrogen and oxygen atoms in total. The first kappa shape index (κ1) is 28.5. The van der Waals surface area contributed by atoms with Gasteiger partial charge in [-0.3, -0.25) is 14.2 Å².